The molecule has 0 aliphatic heterocycles. The fourth-order valence-electron chi connectivity index (χ4n) is 1.77. The van der Waals surface area contributed by atoms with Crippen LogP contribution in [-0.2, 0) is 19.6 Å². The summed E-state index contributed by atoms with van der Waals surface area (Å²) >= 11 is 5.84. The molecular formula is C15H22ClNO5S. The zero-order valence-corrected chi connectivity index (χ0v) is 15.3. The fourth-order valence-corrected chi connectivity index (χ4v) is 3.27. The van der Waals surface area contributed by atoms with Gasteiger partial charge < -0.3 is 9.47 Å². The highest BCUT2D eigenvalue weighted by Crippen LogP contribution is 2.26. The Morgan fingerprint density at radius 1 is 1.30 bits per heavy atom. The van der Waals surface area contributed by atoms with E-state index < -0.39 is 15.6 Å². The summed E-state index contributed by atoms with van der Waals surface area (Å²) in [5.74, 6) is -0.161. The smallest absolute Gasteiger partial charge is 0.306 e. The van der Waals surface area contributed by atoms with Crippen LogP contribution in [-0.4, -0.2) is 33.6 Å². The van der Waals surface area contributed by atoms with Gasteiger partial charge in [0.1, 0.15) is 16.2 Å². The number of hydrogen-bond donors (Lipinski definition) is 1. The Kier molecular flexibility index (Phi) is 6.85. The molecule has 0 amide bonds. The second-order valence-corrected chi connectivity index (χ2v) is 8.05. The highest BCUT2D eigenvalue weighted by atomic mass is 35.5. The highest BCUT2D eigenvalue weighted by Gasteiger charge is 2.20. The summed E-state index contributed by atoms with van der Waals surface area (Å²) in [6, 6.07) is 4.34. The second-order valence-electron chi connectivity index (χ2n) is 5.88. The minimum Gasteiger partial charge on any atom is -0.495 e. The molecule has 0 atom stereocenters. The molecule has 23 heavy (non-hydrogen) atoms. The lowest BCUT2D eigenvalue weighted by atomic mass is 10.2. The zero-order chi connectivity index (χ0) is 17.7. The predicted molar refractivity (Wildman–Crippen MR) is 88.3 cm³/mol. The molecule has 0 radical (unpaired) electrons. The van der Waals surface area contributed by atoms with E-state index in [0.29, 0.717) is 11.4 Å². The van der Waals surface area contributed by atoms with Gasteiger partial charge in [0.25, 0.3) is 0 Å². The largest absolute Gasteiger partial charge is 0.495 e. The number of carbonyl (C=O) groups excluding carboxylic acids is 1. The van der Waals surface area contributed by atoms with Crippen molar-refractivity contribution in [3.63, 3.8) is 0 Å². The lowest BCUT2D eigenvalue weighted by molar-refractivity contribution is -0.154. The Balaban J connectivity index is 2.61. The molecule has 6 nitrogen and oxygen atoms in total. The molecule has 0 saturated carbocycles. The van der Waals surface area contributed by atoms with Crippen molar-refractivity contribution in [1.82, 2.24) is 4.72 Å². The lowest BCUT2D eigenvalue weighted by Crippen LogP contribution is -2.27. The number of carbonyl (C=O) groups is 1. The summed E-state index contributed by atoms with van der Waals surface area (Å²) < 4.78 is 37.2. The number of ether oxygens (including phenoxy) is 2. The van der Waals surface area contributed by atoms with Crippen LogP contribution in [0.3, 0.4) is 0 Å². The van der Waals surface area contributed by atoms with E-state index in [1.54, 1.807) is 26.8 Å². The van der Waals surface area contributed by atoms with Crippen molar-refractivity contribution in [3.8, 4) is 5.75 Å². The molecule has 0 aliphatic carbocycles. The van der Waals surface area contributed by atoms with Crippen molar-refractivity contribution in [3.05, 3.63) is 23.2 Å². The number of esters is 1. The van der Waals surface area contributed by atoms with E-state index >= 15 is 0 Å². The van der Waals surface area contributed by atoms with E-state index in [4.69, 9.17) is 21.1 Å². The molecule has 0 spiro atoms. The third-order valence-electron chi connectivity index (χ3n) is 2.68. The molecule has 0 saturated heterocycles. The molecule has 0 heterocycles. The molecule has 0 aliphatic rings. The first-order chi connectivity index (χ1) is 10.5. The summed E-state index contributed by atoms with van der Waals surface area (Å²) in [5, 5.41) is 0.292. The van der Waals surface area contributed by atoms with Crippen LogP contribution in [0.15, 0.2) is 23.1 Å². The molecule has 130 valence electrons. The van der Waals surface area contributed by atoms with Crippen LogP contribution in [0.5, 0.6) is 5.75 Å². The highest BCUT2D eigenvalue weighted by molar-refractivity contribution is 7.89. The Morgan fingerprint density at radius 3 is 2.52 bits per heavy atom. The minimum atomic E-state index is -3.77. The van der Waals surface area contributed by atoms with Gasteiger partial charge in [0.2, 0.25) is 10.0 Å². The Morgan fingerprint density at radius 2 is 1.96 bits per heavy atom. The number of nitrogens with one attached hydrogen (secondary N) is 1. The monoisotopic (exact) mass is 363 g/mol. The maximum absolute atomic E-state index is 12.3. The molecule has 1 N–H and O–H groups in total. The number of hydrogen-bond acceptors (Lipinski definition) is 5. The number of benzene rings is 1. The number of rotatable bonds is 7. The lowest BCUT2D eigenvalue weighted by Gasteiger charge is -2.19. The van der Waals surface area contributed by atoms with Crippen LogP contribution in [0.1, 0.15) is 33.6 Å². The first-order valence-electron chi connectivity index (χ1n) is 7.10. The first kappa shape index (κ1) is 19.7. The molecule has 1 aromatic carbocycles. The molecule has 1 aromatic rings. The summed E-state index contributed by atoms with van der Waals surface area (Å²) in [7, 11) is -2.39. The van der Waals surface area contributed by atoms with Crippen LogP contribution in [0.25, 0.3) is 0 Å². The van der Waals surface area contributed by atoms with E-state index in [1.807, 2.05) is 0 Å². The van der Waals surface area contributed by atoms with Gasteiger partial charge in [-0.2, -0.15) is 0 Å². The third-order valence-corrected chi connectivity index (χ3v) is 4.40. The van der Waals surface area contributed by atoms with E-state index in [1.165, 1.54) is 19.2 Å². The third kappa shape index (κ3) is 6.76. The van der Waals surface area contributed by atoms with Crippen LogP contribution in [0.4, 0.5) is 0 Å². The summed E-state index contributed by atoms with van der Waals surface area (Å²) in [4.78, 5) is 11.5. The van der Waals surface area contributed by atoms with E-state index in [0.717, 1.165) is 0 Å². The van der Waals surface area contributed by atoms with Gasteiger partial charge in [-0.3, -0.25) is 4.79 Å². The van der Waals surface area contributed by atoms with Crippen molar-refractivity contribution < 1.29 is 22.7 Å². The molecule has 0 fully saturated rings. The number of sulfonamides is 1. The second kappa shape index (κ2) is 7.99. The topological polar surface area (TPSA) is 81.7 Å². The van der Waals surface area contributed by atoms with Crippen LogP contribution >= 0.6 is 11.6 Å². The van der Waals surface area contributed by atoms with Gasteiger partial charge in [0, 0.05) is 18.0 Å². The van der Waals surface area contributed by atoms with Crippen molar-refractivity contribution in [2.75, 3.05) is 13.7 Å². The molecule has 0 bridgehead atoms. The first-order valence-corrected chi connectivity index (χ1v) is 8.96. The maximum Gasteiger partial charge on any atom is 0.306 e. The van der Waals surface area contributed by atoms with Gasteiger partial charge in [-0.1, -0.05) is 11.6 Å². The van der Waals surface area contributed by atoms with Crippen LogP contribution in [0.2, 0.25) is 5.02 Å². The zero-order valence-electron chi connectivity index (χ0n) is 13.7. The molecule has 8 heteroatoms. The SMILES string of the molecule is COc1ccc(Cl)cc1S(=O)(=O)NCCCC(=O)OC(C)(C)C. The molecule has 0 unspecified atom stereocenters. The number of halogens is 1. The van der Waals surface area contributed by atoms with Gasteiger partial charge in [-0.05, 0) is 45.4 Å². The van der Waals surface area contributed by atoms with Crippen molar-refractivity contribution >= 4 is 27.6 Å². The summed E-state index contributed by atoms with van der Waals surface area (Å²) in [6.45, 7) is 5.44. The number of methoxy groups -OCH3 is 1. The standard InChI is InChI=1S/C15H22ClNO5S/c1-15(2,3)22-14(18)6-5-9-17-23(19,20)13-10-11(16)7-8-12(13)21-4/h7-8,10,17H,5-6,9H2,1-4H3. The van der Waals surface area contributed by atoms with Crippen LogP contribution < -0.4 is 9.46 Å². The average Bonchev–Trinajstić information content (AvgIpc) is 2.42. The molecular weight excluding hydrogens is 342 g/mol. The minimum absolute atomic E-state index is 0.0373. The summed E-state index contributed by atoms with van der Waals surface area (Å²) in [6.07, 6.45) is 0.462. The van der Waals surface area contributed by atoms with Crippen molar-refractivity contribution in [2.24, 2.45) is 0 Å². The van der Waals surface area contributed by atoms with E-state index in [-0.39, 0.29) is 29.6 Å². The van der Waals surface area contributed by atoms with Crippen molar-refractivity contribution in [1.29, 1.82) is 0 Å². The van der Waals surface area contributed by atoms with Crippen LogP contribution in [0, 0.1) is 0 Å². The molecule has 1 rings (SSSR count). The van der Waals surface area contributed by atoms with Gasteiger partial charge in [0.05, 0.1) is 7.11 Å². The normalized spacial score (nSPS) is 12.0. The molecule has 0 aromatic heterocycles. The predicted octanol–water partition coefficient (Wildman–Crippen LogP) is 2.75. The van der Waals surface area contributed by atoms with Gasteiger partial charge in [0.15, 0.2) is 0 Å². The van der Waals surface area contributed by atoms with Gasteiger partial charge in [-0.15, -0.1) is 0 Å². The van der Waals surface area contributed by atoms with Gasteiger partial charge in [-0.25, -0.2) is 13.1 Å². The fraction of sp³-hybridized carbons (Fsp3) is 0.533. The average molecular weight is 364 g/mol. The Bertz CT molecular complexity index is 652. The maximum atomic E-state index is 12.3. The van der Waals surface area contributed by atoms with E-state index in [9.17, 15) is 13.2 Å². The van der Waals surface area contributed by atoms with Crippen molar-refractivity contribution in [2.45, 2.75) is 44.1 Å². The van der Waals surface area contributed by atoms with E-state index in [2.05, 4.69) is 4.72 Å². The Hall–Kier alpha value is -1.31. The van der Waals surface area contributed by atoms with Gasteiger partial charge >= 0.3 is 5.97 Å². The summed E-state index contributed by atoms with van der Waals surface area (Å²) in [5.41, 5.74) is -0.551. The quantitative estimate of drug-likeness (QED) is 0.595. The Labute approximate surface area is 142 Å².